The number of thiazole rings is 1. The monoisotopic (exact) mass is 358 g/mol. The predicted molar refractivity (Wildman–Crippen MR) is 82.5 cm³/mol. The van der Waals surface area contributed by atoms with Crippen molar-refractivity contribution in [3.63, 3.8) is 0 Å². The van der Waals surface area contributed by atoms with Gasteiger partial charge in [-0.1, -0.05) is 0 Å². The first-order valence-electron chi connectivity index (χ1n) is 7.72. The number of nitrogens with zero attached hydrogens (tertiary/aromatic N) is 4. The summed E-state index contributed by atoms with van der Waals surface area (Å²) in [6.45, 7) is 1.09. The van der Waals surface area contributed by atoms with E-state index >= 15 is 0 Å². The minimum Gasteiger partial charge on any atom is -0.343 e. The van der Waals surface area contributed by atoms with Crippen molar-refractivity contribution in [2.45, 2.75) is 37.9 Å². The molecule has 5 nitrogen and oxygen atoms in total. The number of carbonyl (C=O) groups excluding carboxylic acids is 1. The molecule has 2 aromatic heterocycles. The lowest BCUT2D eigenvalue weighted by atomic mass is 10.0. The van der Waals surface area contributed by atoms with Crippen molar-refractivity contribution >= 4 is 17.2 Å². The van der Waals surface area contributed by atoms with Gasteiger partial charge in [0.25, 0.3) is 0 Å². The molecule has 0 saturated carbocycles. The van der Waals surface area contributed by atoms with Crippen molar-refractivity contribution in [2.24, 2.45) is 0 Å². The Morgan fingerprint density at radius 2 is 2.08 bits per heavy atom. The van der Waals surface area contributed by atoms with Crippen LogP contribution in [-0.4, -0.2) is 38.7 Å². The number of carbonyl (C=O) groups is 1. The molecule has 0 N–H and O–H groups in total. The summed E-state index contributed by atoms with van der Waals surface area (Å²) in [4.78, 5) is 18.1. The zero-order valence-corrected chi connectivity index (χ0v) is 13.7. The SMILES string of the molecule is O=C(CCc1nccs1)N1CCC(n2ccc(C(F)(F)F)n2)CC1. The third kappa shape index (κ3) is 3.95. The van der Waals surface area contributed by atoms with Crippen LogP contribution in [0.15, 0.2) is 23.8 Å². The number of aryl methyl sites for hydroxylation is 1. The first-order valence-corrected chi connectivity index (χ1v) is 8.60. The molecule has 0 aliphatic carbocycles. The van der Waals surface area contributed by atoms with Crippen LogP contribution >= 0.6 is 11.3 Å². The molecule has 0 spiro atoms. The van der Waals surface area contributed by atoms with Gasteiger partial charge in [0.2, 0.25) is 5.91 Å². The maximum Gasteiger partial charge on any atom is 0.435 e. The van der Waals surface area contributed by atoms with Gasteiger partial charge in [-0.3, -0.25) is 9.48 Å². The number of piperidine rings is 1. The van der Waals surface area contributed by atoms with Crippen LogP contribution in [-0.2, 0) is 17.4 Å². The van der Waals surface area contributed by atoms with E-state index in [0.717, 1.165) is 11.1 Å². The molecular formula is C15H17F3N4OS. The topological polar surface area (TPSA) is 51.0 Å². The van der Waals surface area contributed by atoms with E-state index in [4.69, 9.17) is 0 Å². The highest BCUT2D eigenvalue weighted by Crippen LogP contribution is 2.29. The second-order valence-corrected chi connectivity index (χ2v) is 6.70. The quantitative estimate of drug-likeness (QED) is 0.844. The maximum absolute atomic E-state index is 12.6. The summed E-state index contributed by atoms with van der Waals surface area (Å²) in [5, 5.41) is 6.45. The molecule has 0 aromatic carbocycles. The fraction of sp³-hybridized carbons (Fsp3) is 0.533. The van der Waals surface area contributed by atoms with Gasteiger partial charge in [0, 0.05) is 43.7 Å². The Labute approximate surface area is 141 Å². The molecule has 2 aromatic rings. The number of rotatable bonds is 4. The largest absolute Gasteiger partial charge is 0.435 e. The van der Waals surface area contributed by atoms with Crippen molar-refractivity contribution < 1.29 is 18.0 Å². The van der Waals surface area contributed by atoms with Gasteiger partial charge in [-0.15, -0.1) is 11.3 Å². The van der Waals surface area contributed by atoms with Crippen LogP contribution < -0.4 is 0 Å². The number of hydrogen-bond donors (Lipinski definition) is 0. The summed E-state index contributed by atoms with van der Waals surface area (Å²) in [5.74, 6) is 0.0695. The molecule has 24 heavy (non-hydrogen) atoms. The normalized spacial score (nSPS) is 16.5. The lowest BCUT2D eigenvalue weighted by Gasteiger charge is -2.32. The summed E-state index contributed by atoms with van der Waals surface area (Å²) >= 11 is 1.53. The van der Waals surface area contributed by atoms with E-state index in [2.05, 4.69) is 10.1 Å². The number of hydrogen-bond acceptors (Lipinski definition) is 4. The van der Waals surface area contributed by atoms with Crippen molar-refractivity contribution in [1.82, 2.24) is 19.7 Å². The first-order chi connectivity index (χ1) is 11.4. The molecule has 0 bridgehead atoms. The van der Waals surface area contributed by atoms with Crippen LogP contribution in [0.25, 0.3) is 0 Å². The third-order valence-electron chi connectivity index (χ3n) is 4.13. The molecular weight excluding hydrogens is 341 g/mol. The van der Waals surface area contributed by atoms with Gasteiger partial charge in [-0.05, 0) is 18.9 Å². The van der Waals surface area contributed by atoms with Crippen LogP contribution in [0.5, 0.6) is 0 Å². The van der Waals surface area contributed by atoms with Gasteiger partial charge < -0.3 is 4.90 Å². The van der Waals surface area contributed by atoms with Gasteiger partial charge in [0.05, 0.1) is 11.0 Å². The number of halogens is 3. The Morgan fingerprint density at radius 1 is 1.33 bits per heavy atom. The standard InChI is InChI=1S/C15H17F3N4OS/c16-15(17,18)12-5-9-22(20-12)11-3-7-21(8-4-11)14(23)2-1-13-19-6-10-24-13/h5-6,9-11H,1-4,7-8H2. The molecule has 0 radical (unpaired) electrons. The molecule has 1 aliphatic heterocycles. The van der Waals surface area contributed by atoms with E-state index in [0.29, 0.717) is 38.8 Å². The van der Waals surface area contributed by atoms with Crippen LogP contribution in [0.3, 0.4) is 0 Å². The van der Waals surface area contributed by atoms with Crippen molar-refractivity contribution in [1.29, 1.82) is 0 Å². The van der Waals surface area contributed by atoms with E-state index < -0.39 is 11.9 Å². The molecule has 0 unspecified atom stereocenters. The second-order valence-electron chi connectivity index (χ2n) is 5.72. The highest BCUT2D eigenvalue weighted by atomic mass is 32.1. The molecule has 1 amide bonds. The van der Waals surface area contributed by atoms with Gasteiger partial charge in [-0.25, -0.2) is 4.98 Å². The average Bonchev–Trinajstić information content (AvgIpc) is 3.23. The van der Waals surface area contributed by atoms with Crippen LogP contribution in [0, 0.1) is 0 Å². The fourth-order valence-electron chi connectivity index (χ4n) is 2.82. The summed E-state index contributed by atoms with van der Waals surface area (Å²) in [6, 6.07) is 0.898. The molecule has 1 fully saturated rings. The summed E-state index contributed by atoms with van der Waals surface area (Å²) in [5.41, 5.74) is -0.871. The Balaban J connectivity index is 1.50. The zero-order chi connectivity index (χ0) is 17.2. The first kappa shape index (κ1) is 16.9. The molecule has 9 heteroatoms. The van der Waals surface area contributed by atoms with Crippen molar-refractivity contribution in [3.05, 3.63) is 34.5 Å². The lowest BCUT2D eigenvalue weighted by molar-refractivity contribution is -0.141. The summed E-state index contributed by atoms with van der Waals surface area (Å²) < 4.78 is 39.2. The molecule has 3 heterocycles. The molecule has 1 saturated heterocycles. The lowest BCUT2D eigenvalue weighted by Crippen LogP contribution is -2.39. The second kappa shape index (κ2) is 6.92. The maximum atomic E-state index is 12.6. The van der Waals surface area contributed by atoms with Gasteiger partial charge in [0.15, 0.2) is 5.69 Å². The zero-order valence-electron chi connectivity index (χ0n) is 12.9. The van der Waals surface area contributed by atoms with Gasteiger partial charge in [0.1, 0.15) is 0 Å². The smallest absolute Gasteiger partial charge is 0.343 e. The number of alkyl halides is 3. The Hall–Kier alpha value is -1.90. The van der Waals surface area contributed by atoms with Crippen LogP contribution in [0.1, 0.15) is 36.0 Å². The number of aromatic nitrogens is 3. The molecule has 1 aliphatic rings. The Morgan fingerprint density at radius 3 is 2.67 bits per heavy atom. The Kier molecular flexibility index (Phi) is 4.88. The van der Waals surface area contributed by atoms with Crippen molar-refractivity contribution in [3.8, 4) is 0 Å². The molecule has 3 rings (SSSR count). The minimum atomic E-state index is -4.42. The summed E-state index contributed by atoms with van der Waals surface area (Å²) in [6.07, 6.45) is 0.938. The Bertz CT molecular complexity index is 675. The molecule has 0 atom stereocenters. The highest BCUT2D eigenvalue weighted by molar-refractivity contribution is 7.09. The van der Waals surface area contributed by atoms with Gasteiger partial charge >= 0.3 is 6.18 Å². The van der Waals surface area contributed by atoms with E-state index in [1.165, 1.54) is 22.2 Å². The molecule has 130 valence electrons. The predicted octanol–water partition coefficient (Wildman–Crippen LogP) is 3.15. The third-order valence-corrected chi connectivity index (χ3v) is 4.97. The van der Waals surface area contributed by atoms with E-state index in [1.807, 2.05) is 5.38 Å². The number of likely N-dealkylation sites (tertiary alicyclic amines) is 1. The summed E-state index contributed by atoms with van der Waals surface area (Å²) in [7, 11) is 0. The van der Waals surface area contributed by atoms with Crippen LogP contribution in [0.2, 0.25) is 0 Å². The highest BCUT2D eigenvalue weighted by Gasteiger charge is 2.34. The van der Waals surface area contributed by atoms with E-state index in [-0.39, 0.29) is 11.9 Å². The van der Waals surface area contributed by atoms with E-state index in [9.17, 15) is 18.0 Å². The minimum absolute atomic E-state index is 0.0695. The average molecular weight is 358 g/mol. The fourth-order valence-corrected chi connectivity index (χ4v) is 3.44. The van der Waals surface area contributed by atoms with E-state index in [1.54, 1.807) is 11.1 Å². The van der Waals surface area contributed by atoms with Gasteiger partial charge in [-0.2, -0.15) is 18.3 Å². The van der Waals surface area contributed by atoms with Crippen molar-refractivity contribution in [2.75, 3.05) is 13.1 Å². The number of amides is 1. The van der Waals surface area contributed by atoms with Crippen LogP contribution in [0.4, 0.5) is 13.2 Å².